The summed E-state index contributed by atoms with van der Waals surface area (Å²) < 4.78 is 11.1. The number of amides is 1. The summed E-state index contributed by atoms with van der Waals surface area (Å²) in [6.07, 6.45) is 1.59. The van der Waals surface area contributed by atoms with Crippen LogP contribution in [0, 0.1) is 0 Å². The lowest BCUT2D eigenvalue weighted by atomic mass is 10.0. The number of fused-ring (bicyclic) bond motifs is 1. The van der Waals surface area contributed by atoms with E-state index in [9.17, 15) is 4.79 Å². The van der Waals surface area contributed by atoms with Crippen LogP contribution in [-0.2, 0) is 4.79 Å². The summed E-state index contributed by atoms with van der Waals surface area (Å²) in [7, 11) is 0. The minimum Gasteiger partial charge on any atom is -0.493 e. The van der Waals surface area contributed by atoms with Crippen molar-refractivity contribution in [3.05, 3.63) is 71.2 Å². The van der Waals surface area contributed by atoms with Gasteiger partial charge in [-0.3, -0.25) is 4.79 Å². The fourth-order valence-corrected chi connectivity index (χ4v) is 2.70. The molecule has 0 aliphatic heterocycles. The summed E-state index contributed by atoms with van der Waals surface area (Å²) in [5, 5.41) is 6.73. The van der Waals surface area contributed by atoms with Crippen LogP contribution in [0.25, 0.3) is 10.8 Å². The first-order chi connectivity index (χ1) is 13.2. The number of hydrogen-bond donors (Lipinski definition) is 1. The van der Waals surface area contributed by atoms with Crippen LogP contribution in [0.4, 0.5) is 0 Å². The van der Waals surface area contributed by atoms with Gasteiger partial charge in [0.15, 0.2) is 6.61 Å². The molecule has 1 amide bonds. The monoisotopic (exact) mass is 382 g/mol. The maximum absolute atomic E-state index is 11.9. The van der Waals surface area contributed by atoms with Crippen LogP contribution in [-0.4, -0.2) is 25.3 Å². The third-order valence-corrected chi connectivity index (χ3v) is 4.05. The van der Waals surface area contributed by atoms with Gasteiger partial charge >= 0.3 is 0 Å². The van der Waals surface area contributed by atoms with Gasteiger partial charge in [0.2, 0.25) is 0 Å². The molecular formula is C21H19ClN2O3. The molecule has 0 heterocycles. The van der Waals surface area contributed by atoms with Gasteiger partial charge in [-0.1, -0.05) is 41.9 Å². The maximum atomic E-state index is 11.9. The zero-order chi connectivity index (χ0) is 19.1. The molecule has 27 heavy (non-hydrogen) atoms. The Hall–Kier alpha value is -3.05. The predicted molar refractivity (Wildman–Crippen MR) is 108 cm³/mol. The highest BCUT2D eigenvalue weighted by Gasteiger charge is 2.07. The van der Waals surface area contributed by atoms with Crippen molar-refractivity contribution in [1.82, 2.24) is 5.43 Å². The number of hydrogen-bond acceptors (Lipinski definition) is 4. The zero-order valence-corrected chi connectivity index (χ0v) is 15.6. The SMILES string of the molecule is CCOc1ccc2ccccc2c1C=NNC(=O)COc1ccc(Cl)cc1. The molecule has 1 N–H and O–H groups in total. The van der Waals surface area contributed by atoms with Crippen LogP contribution in [0.15, 0.2) is 65.8 Å². The van der Waals surface area contributed by atoms with Gasteiger partial charge < -0.3 is 9.47 Å². The standard InChI is InChI=1S/C21H19ClN2O3/c1-2-26-20-12-7-15-5-3-4-6-18(15)19(20)13-23-24-21(25)14-27-17-10-8-16(22)9-11-17/h3-13H,2,14H2,1H3,(H,24,25). The minimum atomic E-state index is -0.362. The Labute approximate surface area is 162 Å². The van der Waals surface area contributed by atoms with Crippen LogP contribution < -0.4 is 14.9 Å². The lowest BCUT2D eigenvalue weighted by molar-refractivity contribution is -0.123. The molecule has 0 bridgehead atoms. The average molecular weight is 383 g/mol. The van der Waals surface area contributed by atoms with E-state index in [0.717, 1.165) is 16.3 Å². The number of benzene rings is 3. The summed E-state index contributed by atoms with van der Waals surface area (Å²) in [6, 6.07) is 18.6. The highest BCUT2D eigenvalue weighted by Crippen LogP contribution is 2.26. The molecular weight excluding hydrogens is 364 g/mol. The van der Waals surface area contributed by atoms with E-state index in [1.807, 2.05) is 43.3 Å². The van der Waals surface area contributed by atoms with Gasteiger partial charge in [0.1, 0.15) is 11.5 Å². The molecule has 0 radical (unpaired) electrons. The molecule has 0 saturated carbocycles. The van der Waals surface area contributed by atoms with E-state index in [4.69, 9.17) is 21.1 Å². The molecule has 6 heteroatoms. The molecule has 138 valence electrons. The van der Waals surface area contributed by atoms with Crippen molar-refractivity contribution in [2.24, 2.45) is 5.10 Å². The quantitative estimate of drug-likeness (QED) is 0.486. The Bertz CT molecular complexity index is 955. The Balaban J connectivity index is 1.67. The van der Waals surface area contributed by atoms with Gasteiger partial charge in [-0.25, -0.2) is 5.43 Å². The maximum Gasteiger partial charge on any atom is 0.277 e. The van der Waals surface area contributed by atoms with Crippen LogP contribution in [0.2, 0.25) is 5.02 Å². The first-order valence-electron chi connectivity index (χ1n) is 8.52. The van der Waals surface area contributed by atoms with E-state index in [-0.39, 0.29) is 12.5 Å². The second-order valence-corrected chi connectivity index (χ2v) is 6.10. The summed E-state index contributed by atoms with van der Waals surface area (Å²) in [6.45, 7) is 2.32. The van der Waals surface area contributed by atoms with Crippen molar-refractivity contribution in [1.29, 1.82) is 0 Å². The molecule has 0 saturated heterocycles. The van der Waals surface area contributed by atoms with Crippen molar-refractivity contribution < 1.29 is 14.3 Å². The average Bonchev–Trinajstić information content (AvgIpc) is 2.69. The fraction of sp³-hybridized carbons (Fsp3) is 0.143. The Kier molecular flexibility index (Phi) is 6.28. The van der Waals surface area contributed by atoms with Crippen molar-refractivity contribution in [3.8, 4) is 11.5 Å². The summed E-state index contributed by atoms with van der Waals surface area (Å²) in [5.41, 5.74) is 3.28. The number of halogens is 1. The third kappa shape index (κ3) is 4.99. The molecule has 0 aliphatic carbocycles. The number of ether oxygens (including phenoxy) is 2. The van der Waals surface area contributed by atoms with Gasteiger partial charge in [0.25, 0.3) is 5.91 Å². The Morgan fingerprint density at radius 3 is 2.63 bits per heavy atom. The molecule has 3 aromatic rings. The van der Waals surface area contributed by atoms with Gasteiger partial charge in [-0.05, 0) is 48.0 Å². The lowest BCUT2D eigenvalue weighted by Gasteiger charge is -2.10. The van der Waals surface area contributed by atoms with E-state index in [2.05, 4.69) is 10.5 Å². The van der Waals surface area contributed by atoms with Crippen molar-refractivity contribution in [3.63, 3.8) is 0 Å². The smallest absolute Gasteiger partial charge is 0.277 e. The number of nitrogens with one attached hydrogen (secondary N) is 1. The number of carbonyl (C=O) groups is 1. The van der Waals surface area contributed by atoms with Crippen LogP contribution >= 0.6 is 11.6 Å². The summed E-state index contributed by atoms with van der Waals surface area (Å²) >= 11 is 5.81. The van der Waals surface area contributed by atoms with E-state index in [0.29, 0.717) is 23.1 Å². The molecule has 0 atom stereocenters. The zero-order valence-electron chi connectivity index (χ0n) is 14.8. The molecule has 0 spiro atoms. The van der Waals surface area contributed by atoms with Gasteiger partial charge in [-0.2, -0.15) is 5.10 Å². The normalized spacial score (nSPS) is 10.9. The largest absolute Gasteiger partial charge is 0.493 e. The number of rotatable bonds is 7. The van der Waals surface area contributed by atoms with Crippen molar-refractivity contribution >= 4 is 34.5 Å². The van der Waals surface area contributed by atoms with E-state index >= 15 is 0 Å². The number of hydrazone groups is 1. The fourth-order valence-electron chi connectivity index (χ4n) is 2.57. The molecule has 3 rings (SSSR count). The Morgan fingerprint density at radius 1 is 1.07 bits per heavy atom. The second-order valence-electron chi connectivity index (χ2n) is 5.67. The number of nitrogens with zero attached hydrogens (tertiary/aromatic N) is 1. The highest BCUT2D eigenvalue weighted by atomic mass is 35.5. The minimum absolute atomic E-state index is 0.146. The van der Waals surface area contributed by atoms with Crippen LogP contribution in [0.3, 0.4) is 0 Å². The van der Waals surface area contributed by atoms with Crippen LogP contribution in [0.5, 0.6) is 11.5 Å². The molecule has 3 aromatic carbocycles. The molecule has 0 unspecified atom stereocenters. The number of carbonyl (C=O) groups excluding carboxylic acids is 1. The summed E-state index contributed by atoms with van der Waals surface area (Å²) in [5.74, 6) is 0.914. The topological polar surface area (TPSA) is 59.9 Å². The van der Waals surface area contributed by atoms with Gasteiger partial charge in [0, 0.05) is 10.6 Å². The highest BCUT2D eigenvalue weighted by molar-refractivity contribution is 6.30. The van der Waals surface area contributed by atoms with E-state index in [1.54, 1.807) is 30.5 Å². The van der Waals surface area contributed by atoms with Crippen molar-refractivity contribution in [2.75, 3.05) is 13.2 Å². The van der Waals surface area contributed by atoms with Gasteiger partial charge in [-0.15, -0.1) is 0 Å². The first kappa shape index (κ1) is 18.7. The van der Waals surface area contributed by atoms with E-state index in [1.165, 1.54) is 0 Å². The molecule has 0 aromatic heterocycles. The molecule has 5 nitrogen and oxygen atoms in total. The molecule has 0 fully saturated rings. The van der Waals surface area contributed by atoms with E-state index < -0.39 is 0 Å². The molecule has 0 aliphatic rings. The second kappa shape index (κ2) is 9.05. The predicted octanol–water partition coefficient (Wildman–Crippen LogP) is 4.42. The lowest BCUT2D eigenvalue weighted by Crippen LogP contribution is -2.24. The van der Waals surface area contributed by atoms with Crippen molar-refractivity contribution in [2.45, 2.75) is 6.92 Å². The summed E-state index contributed by atoms with van der Waals surface area (Å²) in [4.78, 5) is 11.9. The van der Waals surface area contributed by atoms with Gasteiger partial charge in [0.05, 0.1) is 12.8 Å². The Morgan fingerprint density at radius 2 is 1.85 bits per heavy atom. The third-order valence-electron chi connectivity index (χ3n) is 3.80. The first-order valence-corrected chi connectivity index (χ1v) is 8.90. The van der Waals surface area contributed by atoms with Crippen LogP contribution in [0.1, 0.15) is 12.5 Å².